The molecule has 0 aliphatic heterocycles. The Bertz CT molecular complexity index is 1790. The number of esters is 2. The number of phosphoric ester groups is 1. The van der Waals surface area contributed by atoms with E-state index < -0.39 is 26.5 Å². The van der Waals surface area contributed by atoms with Crippen LogP contribution in [0.4, 0.5) is 0 Å². The van der Waals surface area contributed by atoms with Crippen molar-refractivity contribution in [1.29, 1.82) is 0 Å². The van der Waals surface area contributed by atoms with Crippen molar-refractivity contribution in [1.82, 2.24) is 0 Å². The fourth-order valence-corrected chi connectivity index (χ4v) is 13.3. The fourth-order valence-electron chi connectivity index (χ4n) is 12.5. The van der Waals surface area contributed by atoms with Crippen LogP contribution in [-0.2, 0) is 32.7 Å². The van der Waals surface area contributed by atoms with Crippen LogP contribution in [0.25, 0.3) is 0 Å². The second kappa shape index (κ2) is 75.9. The molecule has 2 unspecified atom stereocenters. The molecule has 2 atom stereocenters. The summed E-state index contributed by atoms with van der Waals surface area (Å²) in [5, 5.41) is 0. The molecule has 0 bridgehead atoms. The van der Waals surface area contributed by atoms with Gasteiger partial charge in [-0.05, 0) is 57.8 Å². The van der Waals surface area contributed by atoms with Crippen LogP contribution in [0.3, 0.4) is 0 Å². The highest BCUT2D eigenvalue weighted by Crippen LogP contribution is 2.43. The molecule has 0 saturated carbocycles. The summed E-state index contributed by atoms with van der Waals surface area (Å²) in [6.45, 7) is 4.40. The van der Waals surface area contributed by atoms with E-state index in [1.54, 1.807) is 0 Å². The molecule has 0 fully saturated rings. The average molecular weight is 1360 g/mol. The zero-order valence-corrected chi connectivity index (χ0v) is 64.8. The summed E-state index contributed by atoms with van der Waals surface area (Å²) in [6.07, 6.45) is 102. The molecular formula is C85H161NO8P+. The molecule has 0 aromatic rings. The Kier molecular flexibility index (Phi) is 74.1. The molecule has 9 nitrogen and oxygen atoms in total. The molecule has 0 aliphatic rings. The number of nitrogens with zero attached hydrogens (tertiary/aromatic N) is 1. The minimum atomic E-state index is -4.39. The number of allylic oxidation sites excluding steroid dienone is 10. The lowest BCUT2D eigenvalue weighted by Gasteiger charge is -2.24. The third-order valence-electron chi connectivity index (χ3n) is 18.8. The van der Waals surface area contributed by atoms with Gasteiger partial charge in [0, 0.05) is 12.8 Å². The lowest BCUT2D eigenvalue weighted by Crippen LogP contribution is -2.37. The van der Waals surface area contributed by atoms with Crippen LogP contribution in [-0.4, -0.2) is 74.9 Å². The van der Waals surface area contributed by atoms with Crippen molar-refractivity contribution in [2.75, 3.05) is 47.5 Å². The van der Waals surface area contributed by atoms with Crippen molar-refractivity contribution in [2.45, 2.75) is 424 Å². The van der Waals surface area contributed by atoms with Gasteiger partial charge in [0.15, 0.2) is 6.10 Å². The van der Waals surface area contributed by atoms with E-state index in [2.05, 4.69) is 74.6 Å². The zero-order chi connectivity index (χ0) is 69.0. The second-order valence-electron chi connectivity index (χ2n) is 29.5. The molecule has 0 spiro atoms. The van der Waals surface area contributed by atoms with E-state index in [9.17, 15) is 19.0 Å². The van der Waals surface area contributed by atoms with Gasteiger partial charge in [0.2, 0.25) is 0 Å². The van der Waals surface area contributed by atoms with Crippen LogP contribution in [0, 0.1) is 0 Å². The molecule has 0 radical (unpaired) electrons. The highest BCUT2D eigenvalue weighted by atomic mass is 31.2. The second-order valence-corrected chi connectivity index (χ2v) is 30.9. The first kappa shape index (κ1) is 92.7. The quantitative estimate of drug-likeness (QED) is 0.0211. The Morgan fingerprint density at radius 1 is 0.337 bits per heavy atom. The van der Waals surface area contributed by atoms with Gasteiger partial charge < -0.3 is 18.9 Å². The van der Waals surface area contributed by atoms with Gasteiger partial charge in [-0.2, -0.15) is 0 Å². The van der Waals surface area contributed by atoms with Gasteiger partial charge in [0.05, 0.1) is 27.7 Å². The molecule has 0 amide bonds. The summed E-state index contributed by atoms with van der Waals surface area (Å²) in [4.78, 5) is 36.0. The molecule has 0 aromatic heterocycles. The van der Waals surface area contributed by atoms with Crippen molar-refractivity contribution >= 4 is 19.8 Å². The Morgan fingerprint density at radius 2 is 0.600 bits per heavy atom. The van der Waals surface area contributed by atoms with Gasteiger partial charge in [0.25, 0.3) is 0 Å². The van der Waals surface area contributed by atoms with E-state index in [4.69, 9.17) is 18.5 Å². The number of hydrogen-bond acceptors (Lipinski definition) is 7. The van der Waals surface area contributed by atoms with E-state index in [0.717, 1.165) is 64.2 Å². The van der Waals surface area contributed by atoms with E-state index in [0.29, 0.717) is 23.9 Å². The highest BCUT2D eigenvalue weighted by Gasteiger charge is 2.27. The van der Waals surface area contributed by atoms with Gasteiger partial charge in [-0.15, -0.1) is 0 Å². The van der Waals surface area contributed by atoms with Gasteiger partial charge in [-0.3, -0.25) is 18.6 Å². The smallest absolute Gasteiger partial charge is 0.462 e. The first-order valence-corrected chi connectivity index (χ1v) is 43.0. The largest absolute Gasteiger partial charge is 0.472 e. The van der Waals surface area contributed by atoms with Crippen molar-refractivity contribution in [3.05, 3.63) is 60.8 Å². The number of rotatable bonds is 78. The van der Waals surface area contributed by atoms with Crippen LogP contribution in [0.1, 0.15) is 418 Å². The lowest BCUT2D eigenvalue weighted by molar-refractivity contribution is -0.870. The molecule has 0 saturated heterocycles. The molecule has 0 heterocycles. The van der Waals surface area contributed by atoms with Crippen LogP contribution >= 0.6 is 7.82 Å². The Morgan fingerprint density at radius 3 is 0.895 bits per heavy atom. The lowest BCUT2D eigenvalue weighted by atomic mass is 10.0. The fraction of sp³-hybridized carbons (Fsp3) is 0.859. The van der Waals surface area contributed by atoms with Gasteiger partial charge in [-0.1, -0.05) is 408 Å². The monoisotopic (exact) mass is 1360 g/mol. The molecule has 10 heteroatoms. The predicted molar refractivity (Wildman–Crippen MR) is 413 cm³/mol. The third-order valence-corrected chi connectivity index (χ3v) is 19.8. The number of ether oxygens (including phenoxy) is 2. The van der Waals surface area contributed by atoms with Gasteiger partial charge in [-0.25, -0.2) is 4.57 Å². The predicted octanol–water partition coefficient (Wildman–Crippen LogP) is 27.7. The first-order chi connectivity index (χ1) is 46.5. The standard InChI is InChI=1S/C85H160NO8P/c1-6-8-10-12-14-16-18-20-22-24-26-28-30-32-34-36-38-39-40-41-42-43-44-45-46-47-48-50-52-54-56-58-60-62-64-66-68-70-72-74-76-78-85(88)94-83(82-93-95(89,90)92-80-79-86(3,4)5)81-91-84(87)77-75-73-71-69-67-65-63-61-59-57-55-53-51-49-37-35-33-31-29-27-25-23-21-19-17-15-13-11-9-7-2/h8,10,14,16,20,22,26,28,32,34,83H,6-7,9,11-13,15,17-19,21,23-25,27,29-31,33,35-82H2,1-5H3/p+1/b10-8-,16-14-,22-20-,28-26-,34-32-. The summed E-state index contributed by atoms with van der Waals surface area (Å²) >= 11 is 0. The number of likely N-dealkylation sites (N-methyl/N-ethyl adjacent to an activating group) is 1. The molecule has 95 heavy (non-hydrogen) atoms. The maximum absolute atomic E-state index is 12.9. The van der Waals surface area contributed by atoms with Crippen molar-refractivity contribution < 1.29 is 42.1 Å². The number of hydrogen-bond donors (Lipinski definition) is 1. The van der Waals surface area contributed by atoms with Crippen molar-refractivity contribution in [2.24, 2.45) is 0 Å². The summed E-state index contributed by atoms with van der Waals surface area (Å²) in [5.74, 6) is -0.770. The number of phosphoric acid groups is 1. The Hall–Kier alpha value is -2.29. The molecule has 0 aromatic carbocycles. The summed E-state index contributed by atoms with van der Waals surface area (Å²) in [5.41, 5.74) is 0. The molecular weight excluding hydrogens is 1190 g/mol. The first-order valence-electron chi connectivity index (χ1n) is 41.5. The Balaban J connectivity index is 3.88. The molecule has 0 aliphatic carbocycles. The van der Waals surface area contributed by atoms with Gasteiger partial charge in [0.1, 0.15) is 19.8 Å². The summed E-state index contributed by atoms with van der Waals surface area (Å²) in [7, 11) is 1.50. The minimum absolute atomic E-state index is 0.0351. The van der Waals surface area contributed by atoms with Crippen LogP contribution in [0.2, 0.25) is 0 Å². The van der Waals surface area contributed by atoms with Crippen molar-refractivity contribution in [3.8, 4) is 0 Å². The molecule has 1 N–H and O–H groups in total. The molecule has 0 rings (SSSR count). The number of carbonyl (C=O) groups excluding carboxylic acids is 2. The topological polar surface area (TPSA) is 108 Å². The SMILES string of the molecule is CC/C=C\C/C=C\C/C=C\C/C=C\C/C=C\CCCCCCCCCCCCCCCCCCCCCCCCCCCC(=O)OC(COC(=O)CCCCCCCCCCCCCCCCCCCCCCCCCCCCCCCC)COP(=O)(O)OCC[N+](C)(C)C. The number of unbranched alkanes of at least 4 members (excludes halogenated alkanes) is 54. The maximum atomic E-state index is 12.9. The normalized spacial score (nSPS) is 13.3. The Labute approximate surface area is 591 Å². The van der Waals surface area contributed by atoms with E-state index in [1.165, 1.54) is 321 Å². The summed E-state index contributed by atoms with van der Waals surface area (Å²) in [6, 6.07) is 0. The average Bonchev–Trinajstić information content (AvgIpc) is 1.81. The van der Waals surface area contributed by atoms with Crippen LogP contribution in [0.5, 0.6) is 0 Å². The van der Waals surface area contributed by atoms with Crippen molar-refractivity contribution in [3.63, 3.8) is 0 Å². The zero-order valence-electron chi connectivity index (χ0n) is 63.9. The number of quaternary nitrogens is 1. The maximum Gasteiger partial charge on any atom is 0.472 e. The minimum Gasteiger partial charge on any atom is -0.462 e. The highest BCUT2D eigenvalue weighted by molar-refractivity contribution is 7.47. The van der Waals surface area contributed by atoms with E-state index in [-0.39, 0.29) is 25.6 Å². The van der Waals surface area contributed by atoms with Gasteiger partial charge >= 0.3 is 19.8 Å². The van der Waals surface area contributed by atoms with E-state index >= 15 is 0 Å². The van der Waals surface area contributed by atoms with E-state index in [1.807, 2.05) is 21.1 Å². The summed E-state index contributed by atoms with van der Waals surface area (Å²) < 4.78 is 34.9. The number of carbonyl (C=O) groups is 2. The van der Waals surface area contributed by atoms with Crippen LogP contribution in [0.15, 0.2) is 60.8 Å². The van der Waals surface area contributed by atoms with Crippen LogP contribution < -0.4 is 0 Å². The molecule has 558 valence electrons. The third kappa shape index (κ3) is 80.6.